The molecule has 98 valence electrons. The van der Waals surface area contributed by atoms with Gasteiger partial charge < -0.3 is 20.9 Å². The van der Waals surface area contributed by atoms with E-state index in [-0.39, 0.29) is 6.61 Å². The average molecular weight is 252 g/mol. The molecule has 0 fully saturated rings. The standard InChI is InChI=1S/C12H16N2O4/c1-8(15)10(11(13)16)14-12(17)18-7-9-5-3-2-4-6-9/h2-6,8,10,15H,7H2,1H3,(H2,13,16)(H,14,17)/t8-,10?/m1/s1. The summed E-state index contributed by atoms with van der Waals surface area (Å²) in [7, 11) is 0. The van der Waals surface area contributed by atoms with Crippen molar-refractivity contribution in [2.45, 2.75) is 25.7 Å². The van der Waals surface area contributed by atoms with E-state index in [9.17, 15) is 14.7 Å². The van der Waals surface area contributed by atoms with Crippen molar-refractivity contribution in [2.24, 2.45) is 5.73 Å². The van der Waals surface area contributed by atoms with Crippen molar-refractivity contribution in [1.82, 2.24) is 5.32 Å². The van der Waals surface area contributed by atoms with Gasteiger partial charge in [0.15, 0.2) is 0 Å². The van der Waals surface area contributed by atoms with Crippen molar-refractivity contribution in [3.63, 3.8) is 0 Å². The second kappa shape index (κ2) is 6.61. The molecular weight excluding hydrogens is 236 g/mol. The molecule has 0 spiro atoms. The number of carbonyl (C=O) groups is 2. The van der Waals surface area contributed by atoms with Crippen LogP contribution in [-0.2, 0) is 16.1 Å². The molecule has 0 aliphatic rings. The number of benzene rings is 1. The minimum Gasteiger partial charge on any atom is -0.445 e. The van der Waals surface area contributed by atoms with E-state index in [1.54, 1.807) is 12.1 Å². The molecule has 0 saturated carbocycles. The summed E-state index contributed by atoms with van der Waals surface area (Å²) >= 11 is 0. The Hall–Kier alpha value is -2.08. The summed E-state index contributed by atoms with van der Waals surface area (Å²) < 4.78 is 4.89. The first-order valence-electron chi connectivity index (χ1n) is 5.45. The van der Waals surface area contributed by atoms with E-state index in [1.165, 1.54) is 6.92 Å². The number of aliphatic hydroxyl groups is 1. The Morgan fingerprint density at radius 2 is 2.00 bits per heavy atom. The van der Waals surface area contributed by atoms with Gasteiger partial charge in [-0.25, -0.2) is 4.79 Å². The van der Waals surface area contributed by atoms with Crippen LogP contribution in [0.15, 0.2) is 30.3 Å². The Balaban J connectivity index is 2.44. The van der Waals surface area contributed by atoms with Crippen molar-refractivity contribution in [1.29, 1.82) is 0 Å². The van der Waals surface area contributed by atoms with Crippen LogP contribution in [0.5, 0.6) is 0 Å². The Bertz CT molecular complexity index is 406. The van der Waals surface area contributed by atoms with Crippen LogP contribution in [-0.4, -0.2) is 29.3 Å². The van der Waals surface area contributed by atoms with Crippen LogP contribution in [0.3, 0.4) is 0 Å². The van der Waals surface area contributed by atoms with Crippen molar-refractivity contribution < 1.29 is 19.4 Å². The molecule has 1 aromatic rings. The van der Waals surface area contributed by atoms with Crippen molar-refractivity contribution in [2.75, 3.05) is 0 Å². The van der Waals surface area contributed by atoms with Gasteiger partial charge in [0.05, 0.1) is 6.10 Å². The highest BCUT2D eigenvalue weighted by atomic mass is 16.5. The van der Waals surface area contributed by atoms with Gasteiger partial charge in [-0.2, -0.15) is 0 Å². The molecule has 0 radical (unpaired) electrons. The summed E-state index contributed by atoms with van der Waals surface area (Å²) in [5.74, 6) is -0.818. The van der Waals surface area contributed by atoms with Crippen molar-refractivity contribution in [3.8, 4) is 0 Å². The summed E-state index contributed by atoms with van der Waals surface area (Å²) in [4.78, 5) is 22.3. The lowest BCUT2D eigenvalue weighted by molar-refractivity contribution is -0.122. The number of nitrogens with one attached hydrogen (secondary N) is 1. The molecule has 1 aromatic carbocycles. The van der Waals surface area contributed by atoms with E-state index in [4.69, 9.17) is 10.5 Å². The maximum atomic E-state index is 11.4. The Labute approximate surface area is 105 Å². The van der Waals surface area contributed by atoms with E-state index in [0.29, 0.717) is 0 Å². The zero-order valence-electron chi connectivity index (χ0n) is 10.00. The highest BCUT2D eigenvalue weighted by Gasteiger charge is 2.23. The lowest BCUT2D eigenvalue weighted by Gasteiger charge is -2.17. The molecule has 6 nitrogen and oxygen atoms in total. The summed E-state index contributed by atoms with van der Waals surface area (Å²) in [6, 6.07) is 7.92. The number of aliphatic hydroxyl groups excluding tert-OH is 1. The number of primary amides is 1. The molecule has 6 heteroatoms. The second-order valence-corrected chi connectivity index (χ2v) is 3.83. The monoisotopic (exact) mass is 252 g/mol. The molecule has 0 aliphatic carbocycles. The summed E-state index contributed by atoms with van der Waals surface area (Å²) in [6.07, 6.45) is -1.88. The van der Waals surface area contributed by atoms with Gasteiger partial charge in [0.2, 0.25) is 5.91 Å². The maximum Gasteiger partial charge on any atom is 0.408 e. The smallest absolute Gasteiger partial charge is 0.408 e. The topological polar surface area (TPSA) is 102 Å². The Morgan fingerprint density at radius 1 is 1.39 bits per heavy atom. The number of hydrogen-bond donors (Lipinski definition) is 3. The molecule has 0 aromatic heterocycles. The number of hydrogen-bond acceptors (Lipinski definition) is 4. The third-order valence-corrected chi connectivity index (χ3v) is 2.28. The number of rotatable bonds is 5. The molecular formula is C12H16N2O4. The molecule has 4 N–H and O–H groups in total. The first kappa shape index (κ1) is 14.0. The van der Waals surface area contributed by atoms with Gasteiger partial charge in [-0.05, 0) is 12.5 Å². The van der Waals surface area contributed by atoms with Crippen LogP contribution in [0.1, 0.15) is 12.5 Å². The van der Waals surface area contributed by atoms with Gasteiger partial charge >= 0.3 is 6.09 Å². The van der Waals surface area contributed by atoms with Gasteiger partial charge in [0, 0.05) is 0 Å². The van der Waals surface area contributed by atoms with Crippen LogP contribution in [0, 0.1) is 0 Å². The van der Waals surface area contributed by atoms with E-state index >= 15 is 0 Å². The highest BCUT2D eigenvalue weighted by molar-refractivity contribution is 5.84. The predicted molar refractivity (Wildman–Crippen MR) is 64.4 cm³/mol. The van der Waals surface area contributed by atoms with Gasteiger partial charge in [-0.1, -0.05) is 30.3 Å². The maximum absolute atomic E-state index is 11.4. The molecule has 18 heavy (non-hydrogen) atoms. The lowest BCUT2D eigenvalue weighted by Crippen LogP contribution is -2.50. The van der Waals surface area contributed by atoms with Crippen LogP contribution < -0.4 is 11.1 Å². The van der Waals surface area contributed by atoms with Gasteiger partial charge in [0.25, 0.3) is 0 Å². The number of carbonyl (C=O) groups excluding carboxylic acids is 2. The summed E-state index contributed by atoms with van der Waals surface area (Å²) in [5, 5.41) is 11.4. The fourth-order valence-corrected chi connectivity index (χ4v) is 1.32. The third-order valence-electron chi connectivity index (χ3n) is 2.28. The van der Waals surface area contributed by atoms with Crippen LogP contribution in [0.25, 0.3) is 0 Å². The van der Waals surface area contributed by atoms with Crippen molar-refractivity contribution >= 4 is 12.0 Å². The molecule has 0 bridgehead atoms. The predicted octanol–water partition coefficient (Wildman–Crippen LogP) is 0.148. The Kier molecular flexibility index (Phi) is 5.13. The van der Waals surface area contributed by atoms with E-state index in [1.807, 2.05) is 18.2 Å². The van der Waals surface area contributed by atoms with E-state index < -0.39 is 24.1 Å². The number of ether oxygens (including phenoxy) is 1. The fraction of sp³-hybridized carbons (Fsp3) is 0.333. The number of amides is 2. The highest BCUT2D eigenvalue weighted by Crippen LogP contribution is 2.01. The number of nitrogens with two attached hydrogens (primary N) is 1. The normalized spacial score (nSPS) is 13.4. The molecule has 0 saturated heterocycles. The third kappa shape index (κ3) is 4.42. The van der Waals surface area contributed by atoms with Gasteiger partial charge in [-0.3, -0.25) is 4.79 Å². The zero-order valence-corrected chi connectivity index (χ0v) is 10.00. The molecule has 0 heterocycles. The SMILES string of the molecule is C[C@@H](O)C(NC(=O)OCc1ccccc1)C(N)=O. The minimum absolute atomic E-state index is 0.0813. The average Bonchev–Trinajstić information content (AvgIpc) is 2.34. The van der Waals surface area contributed by atoms with Crippen LogP contribution >= 0.6 is 0 Å². The molecule has 2 amide bonds. The van der Waals surface area contributed by atoms with Crippen molar-refractivity contribution in [3.05, 3.63) is 35.9 Å². The lowest BCUT2D eigenvalue weighted by atomic mass is 10.2. The van der Waals surface area contributed by atoms with E-state index in [2.05, 4.69) is 5.32 Å². The quantitative estimate of drug-likeness (QED) is 0.694. The van der Waals surface area contributed by atoms with Crippen LogP contribution in [0.2, 0.25) is 0 Å². The molecule has 2 atom stereocenters. The molecule has 1 unspecified atom stereocenters. The first-order chi connectivity index (χ1) is 8.50. The largest absolute Gasteiger partial charge is 0.445 e. The second-order valence-electron chi connectivity index (χ2n) is 3.83. The fourth-order valence-electron chi connectivity index (χ4n) is 1.32. The molecule has 0 aliphatic heterocycles. The Morgan fingerprint density at radius 3 is 2.50 bits per heavy atom. The van der Waals surface area contributed by atoms with Gasteiger partial charge in [0.1, 0.15) is 12.6 Å². The number of alkyl carbamates (subject to hydrolysis) is 1. The van der Waals surface area contributed by atoms with Gasteiger partial charge in [-0.15, -0.1) is 0 Å². The summed E-state index contributed by atoms with van der Waals surface area (Å²) in [6.45, 7) is 1.44. The van der Waals surface area contributed by atoms with E-state index in [0.717, 1.165) is 5.56 Å². The molecule has 1 rings (SSSR count). The minimum atomic E-state index is -1.16. The first-order valence-corrected chi connectivity index (χ1v) is 5.45. The van der Waals surface area contributed by atoms with Crippen LogP contribution in [0.4, 0.5) is 4.79 Å². The summed E-state index contributed by atoms with van der Waals surface area (Å²) in [5.41, 5.74) is 5.84. The zero-order chi connectivity index (χ0) is 13.5.